The molecule has 3 N–H and O–H groups in total. The molecule has 84 valence electrons. The van der Waals surface area contributed by atoms with E-state index in [0.717, 1.165) is 6.42 Å². The molecule has 0 aliphatic rings. The predicted octanol–water partition coefficient (Wildman–Crippen LogP) is 0.513. The van der Waals surface area contributed by atoms with E-state index in [9.17, 15) is 4.79 Å². The third kappa shape index (κ3) is 5.19. The predicted molar refractivity (Wildman–Crippen MR) is 56.9 cm³/mol. The molecule has 0 aromatic carbocycles. The largest absolute Gasteiger partial charge is 0.375 e. The van der Waals surface area contributed by atoms with Crippen molar-refractivity contribution in [3.63, 3.8) is 0 Å². The summed E-state index contributed by atoms with van der Waals surface area (Å²) in [6.45, 7) is 6.94. The van der Waals surface area contributed by atoms with Gasteiger partial charge in [0.1, 0.15) is 6.61 Å². The van der Waals surface area contributed by atoms with Crippen LogP contribution in [0.3, 0.4) is 0 Å². The summed E-state index contributed by atoms with van der Waals surface area (Å²) in [5.41, 5.74) is 5.52. The van der Waals surface area contributed by atoms with Gasteiger partial charge in [0.15, 0.2) is 0 Å². The fourth-order valence-electron chi connectivity index (χ4n) is 1.26. The highest BCUT2D eigenvalue weighted by atomic mass is 16.5. The Balaban J connectivity index is 4.16. The Bertz CT molecular complexity index is 175. The number of hydrogen-bond acceptors (Lipinski definition) is 3. The van der Waals surface area contributed by atoms with Crippen molar-refractivity contribution in [3.8, 4) is 0 Å². The van der Waals surface area contributed by atoms with E-state index in [0.29, 0.717) is 6.54 Å². The van der Waals surface area contributed by atoms with Crippen LogP contribution in [0.4, 0.5) is 0 Å². The first-order valence-corrected chi connectivity index (χ1v) is 4.90. The average Bonchev–Trinajstić information content (AvgIpc) is 2.02. The second-order valence-electron chi connectivity index (χ2n) is 4.50. The minimum absolute atomic E-state index is 0.0305. The third-order valence-corrected chi connectivity index (χ3v) is 2.11. The van der Waals surface area contributed by atoms with Gasteiger partial charge in [0.05, 0.1) is 0 Å². The van der Waals surface area contributed by atoms with Crippen molar-refractivity contribution in [3.05, 3.63) is 0 Å². The monoisotopic (exact) mass is 202 g/mol. The van der Waals surface area contributed by atoms with Crippen molar-refractivity contribution < 1.29 is 9.53 Å². The topological polar surface area (TPSA) is 64.3 Å². The summed E-state index contributed by atoms with van der Waals surface area (Å²) < 4.78 is 4.75. The van der Waals surface area contributed by atoms with Crippen LogP contribution in [0.25, 0.3) is 0 Å². The third-order valence-electron chi connectivity index (χ3n) is 2.11. The van der Waals surface area contributed by atoms with Crippen LogP contribution in [-0.4, -0.2) is 32.2 Å². The van der Waals surface area contributed by atoms with E-state index in [-0.39, 0.29) is 24.0 Å². The van der Waals surface area contributed by atoms with Gasteiger partial charge in [0.2, 0.25) is 5.91 Å². The molecular formula is C10H22N2O2. The Morgan fingerprint density at radius 2 is 2.07 bits per heavy atom. The zero-order valence-corrected chi connectivity index (χ0v) is 9.59. The molecule has 4 heteroatoms. The quantitative estimate of drug-likeness (QED) is 0.683. The number of hydrogen-bond donors (Lipinski definition) is 2. The van der Waals surface area contributed by atoms with E-state index < -0.39 is 0 Å². The summed E-state index contributed by atoms with van der Waals surface area (Å²) in [6, 6.07) is 0.107. The Labute approximate surface area is 86.2 Å². The minimum atomic E-state index is -0.0825. The number of nitrogens with two attached hydrogens (primary N) is 1. The fraction of sp³-hybridized carbons (Fsp3) is 0.900. The minimum Gasteiger partial charge on any atom is -0.375 e. The Kier molecular flexibility index (Phi) is 5.72. The van der Waals surface area contributed by atoms with Gasteiger partial charge in [0.25, 0.3) is 0 Å². The molecule has 0 aliphatic carbocycles. The van der Waals surface area contributed by atoms with E-state index in [1.807, 2.05) is 0 Å². The molecule has 14 heavy (non-hydrogen) atoms. The van der Waals surface area contributed by atoms with Gasteiger partial charge >= 0.3 is 0 Å². The van der Waals surface area contributed by atoms with Crippen molar-refractivity contribution in [2.75, 3.05) is 20.3 Å². The highest BCUT2D eigenvalue weighted by Crippen LogP contribution is 2.21. The number of ether oxygens (including phenoxy) is 1. The Morgan fingerprint density at radius 1 is 1.50 bits per heavy atom. The lowest BCUT2D eigenvalue weighted by Crippen LogP contribution is -2.46. The van der Waals surface area contributed by atoms with Crippen molar-refractivity contribution in [1.29, 1.82) is 0 Å². The summed E-state index contributed by atoms with van der Waals surface area (Å²) in [6.07, 6.45) is 0.791. The van der Waals surface area contributed by atoms with Crippen molar-refractivity contribution >= 4 is 5.91 Å². The number of methoxy groups -OCH3 is 1. The summed E-state index contributed by atoms with van der Waals surface area (Å²) >= 11 is 0. The van der Waals surface area contributed by atoms with Crippen molar-refractivity contribution in [1.82, 2.24) is 5.32 Å². The maximum absolute atomic E-state index is 11.3. The molecule has 0 radical (unpaired) electrons. The standard InChI is InChI=1S/C10H22N2O2/c1-10(2,3)8(5-6-11)12-9(13)7-14-4/h8H,5-7,11H2,1-4H3,(H,12,13). The molecule has 0 aromatic heterocycles. The number of carbonyl (C=O) groups excluding carboxylic acids is 1. The van der Waals surface area contributed by atoms with Crippen LogP contribution in [0.15, 0.2) is 0 Å². The van der Waals surface area contributed by atoms with Gasteiger partial charge in [-0.05, 0) is 18.4 Å². The molecule has 0 saturated carbocycles. The van der Waals surface area contributed by atoms with Gasteiger partial charge < -0.3 is 15.8 Å². The molecule has 1 atom stereocenters. The highest BCUT2D eigenvalue weighted by molar-refractivity contribution is 5.77. The molecule has 1 amide bonds. The molecule has 0 saturated heterocycles. The van der Waals surface area contributed by atoms with Crippen LogP contribution in [0, 0.1) is 5.41 Å². The van der Waals surface area contributed by atoms with E-state index in [1.54, 1.807) is 0 Å². The molecule has 0 spiro atoms. The zero-order chi connectivity index (χ0) is 11.2. The molecule has 4 nitrogen and oxygen atoms in total. The summed E-state index contributed by atoms with van der Waals surface area (Å²) in [5.74, 6) is -0.0825. The van der Waals surface area contributed by atoms with E-state index in [2.05, 4.69) is 26.1 Å². The average molecular weight is 202 g/mol. The van der Waals surface area contributed by atoms with Crippen LogP contribution in [-0.2, 0) is 9.53 Å². The molecule has 0 heterocycles. The zero-order valence-electron chi connectivity index (χ0n) is 9.59. The van der Waals surface area contributed by atoms with Crippen LogP contribution in [0.2, 0.25) is 0 Å². The van der Waals surface area contributed by atoms with Crippen molar-refractivity contribution in [2.24, 2.45) is 11.1 Å². The van der Waals surface area contributed by atoms with Gasteiger partial charge in [-0.25, -0.2) is 0 Å². The first-order chi connectivity index (χ1) is 6.41. The van der Waals surface area contributed by atoms with Gasteiger partial charge in [-0.15, -0.1) is 0 Å². The molecule has 0 rings (SSSR count). The molecule has 0 bridgehead atoms. The van der Waals surface area contributed by atoms with Gasteiger partial charge in [-0.2, -0.15) is 0 Å². The molecule has 1 unspecified atom stereocenters. The molecule has 0 aromatic rings. The molecule has 0 aliphatic heterocycles. The lowest BCUT2D eigenvalue weighted by Gasteiger charge is -2.31. The van der Waals surface area contributed by atoms with E-state index in [4.69, 9.17) is 10.5 Å². The second kappa shape index (κ2) is 5.98. The smallest absolute Gasteiger partial charge is 0.246 e. The van der Waals surface area contributed by atoms with E-state index >= 15 is 0 Å². The van der Waals surface area contributed by atoms with Gasteiger partial charge in [-0.3, -0.25) is 4.79 Å². The Hall–Kier alpha value is -0.610. The lowest BCUT2D eigenvalue weighted by atomic mass is 9.85. The van der Waals surface area contributed by atoms with Crippen LogP contribution < -0.4 is 11.1 Å². The fourth-order valence-corrected chi connectivity index (χ4v) is 1.26. The van der Waals surface area contributed by atoms with Crippen LogP contribution in [0.5, 0.6) is 0 Å². The number of rotatable bonds is 5. The first kappa shape index (κ1) is 13.4. The maximum atomic E-state index is 11.3. The summed E-state index contributed by atoms with van der Waals surface area (Å²) in [7, 11) is 1.51. The number of carbonyl (C=O) groups is 1. The van der Waals surface area contributed by atoms with Gasteiger partial charge in [-0.1, -0.05) is 20.8 Å². The lowest BCUT2D eigenvalue weighted by molar-refractivity contribution is -0.126. The molecular weight excluding hydrogens is 180 g/mol. The highest BCUT2D eigenvalue weighted by Gasteiger charge is 2.25. The SMILES string of the molecule is COCC(=O)NC(CCN)C(C)(C)C. The van der Waals surface area contributed by atoms with Crippen LogP contribution >= 0.6 is 0 Å². The normalized spacial score (nSPS) is 13.8. The second-order valence-corrected chi connectivity index (χ2v) is 4.50. The number of nitrogens with one attached hydrogen (secondary N) is 1. The van der Waals surface area contributed by atoms with E-state index in [1.165, 1.54) is 7.11 Å². The maximum Gasteiger partial charge on any atom is 0.246 e. The van der Waals surface area contributed by atoms with Gasteiger partial charge in [0, 0.05) is 13.2 Å². The number of amides is 1. The summed E-state index contributed by atoms with van der Waals surface area (Å²) in [4.78, 5) is 11.3. The van der Waals surface area contributed by atoms with Crippen LogP contribution in [0.1, 0.15) is 27.2 Å². The molecule has 0 fully saturated rings. The van der Waals surface area contributed by atoms with Crippen molar-refractivity contribution in [2.45, 2.75) is 33.2 Å². The Morgan fingerprint density at radius 3 is 2.43 bits per heavy atom. The first-order valence-electron chi connectivity index (χ1n) is 4.90. The summed E-state index contributed by atoms with van der Waals surface area (Å²) in [5, 5.41) is 2.91.